The molecule has 0 amide bonds. The molecule has 0 radical (unpaired) electrons. The topological polar surface area (TPSA) is 39.2 Å². The number of nitrogens with two attached hydrogens (primary N) is 1. The van der Waals surface area contributed by atoms with Gasteiger partial charge in [0.25, 0.3) is 0 Å². The average molecular weight is 292 g/mol. The van der Waals surface area contributed by atoms with Gasteiger partial charge in [-0.15, -0.1) is 0 Å². The number of hydrogen-bond donors (Lipinski definition) is 1. The first kappa shape index (κ1) is 12.5. The van der Waals surface area contributed by atoms with Crippen LogP contribution in [0.2, 0.25) is 10.0 Å². The van der Waals surface area contributed by atoms with E-state index in [1.807, 2.05) is 36.4 Å². The lowest BCUT2D eigenvalue weighted by atomic mass is 10.1. The van der Waals surface area contributed by atoms with E-state index in [2.05, 4.69) is 0 Å². The molecular weight excluding hydrogens is 281 g/mol. The molecule has 3 aromatic rings. The third-order valence-corrected chi connectivity index (χ3v) is 3.56. The summed E-state index contributed by atoms with van der Waals surface area (Å²) in [5.41, 5.74) is 8.23. The molecule has 0 aliphatic carbocycles. The summed E-state index contributed by atoms with van der Waals surface area (Å²) >= 11 is 12.2. The van der Waals surface area contributed by atoms with Gasteiger partial charge < -0.3 is 10.2 Å². The van der Waals surface area contributed by atoms with Crippen molar-refractivity contribution in [2.45, 2.75) is 6.54 Å². The Kier molecular flexibility index (Phi) is 3.23. The highest BCUT2D eigenvalue weighted by atomic mass is 35.5. The molecule has 0 saturated heterocycles. The summed E-state index contributed by atoms with van der Waals surface area (Å²) in [7, 11) is 0. The summed E-state index contributed by atoms with van der Waals surface area (Å²) in [6, 6.07) is 13.2. The summed E-state index contributed by atoms with van der Waals surface area (Å²) in [6.07, 6.45) is 0. The van der Waals surface area contributed by atoms with Gasteiger partial charge in [-0.25, -0.2) is 0 Å². The van der Waals surface area contributed by atoms with Crippen LogP contribution < -0.4 is 5.73 Å². The highest BCUT2D eigenvalue weighted by molar-refractivity contribution is 6.33. The van der Waals surface area contributed by atoms with Crippen LogP contribution in [0, 0.1) is 0 Å². The normalized spacial score (nSPS) is 11.1. The molecule has 0 fully saturated rings. The SMILES string of the molecule is NCc1ccc(-c2cc3cc(Cl)ccc3o2)c(Cl)c1. The molecule has 1 aromatic heterocycles. The van der Waals surface area contributed by atoms with Gasteiger partial charge >= 0.3 is 0 Å². The Hall–Kier alpha value is -1.48. The Bertz CT molecular complexity index is 749. The molecule has 0 bridgehead atoms. The van der Waals surface area contributed by atoms with Gasteiger partial charge in [-0.3, -0.25) is 0 Å². The molecule has 0 aliphatic heterocycles. The van der Waals surface area contributed by atoms with Crippen LogP contribution in [0.15, 0.2) is 46.9 Å². The molecule has 1 heterocycles. The van der Waals surface area contributed by atoms with Gasteiger partial charge in [0.2, 0.25) is 0 Å². The van der Waals surface area contributed by atoms with Crippen molar-refractivity contribution >= 4 is 34.2 Å². The molecular formula is C15H11Cl2NO. The average Bonchev–Trinajstić information content (AvgIpc) is 2.81. The van der Waals surface area contributed by atoms with E-state index in [0.717, 1.165) is 27.9 Å². The first-order valence-corrected chi connectivity index (χ1v) is 6.61. The standard InChI is InChI=1S/C15H11Cl2NO/c16-11-2-4-14-10(6-11)7-15(19-14)12-3-1-9(8-18)5-13(12)17/h1-7H,8,18H2. The van der Waals surface area contributed by atoms with Crippen LogP contribution in [0.25, 0.3) is 22.3 Å². The van der Waals surface area contributed by atoms with Gasteiger partial charge in [0, 0.05) is 22.5 Å². The lowest BCUT2D eigenvalue weighted by Crippen LogP contribution is -1.95. The molecule has 2 nitrogen and oxygen atoms in total. The maximum Gasteiger partial charge on any atom is 0.136 e. The molecule has 3 rings (SSSR count). The van der Waals surface area contributed by atoms with E-state index in [9.17, 15) is 0 Å². The molecule has 0 aliphatic rings. The van der Waals surface area contributed by atoms with Crippen molar-refractivity contribution in [2.24, 2.45) is 5.73 Å². The van der Waals surface area contributed by atoms with Crippen molar-refractivity contribution in [3.8, 4) is 11.3 Å². The van der Waals surface area contributed by atoms with E-state index >= 15 is 0 Å². The zero-order chi connectivity index (χ0) is 13.4. The first-order chi connectivity index (χ1) is 9.17. The molecule has 0 atom stereocenters. The summed E-state index contributed by atoms with van der Waals surface area (Å²) in [5.74, 6) is 0.728. The van der Waals surface area contributed by atoms with Crippen molar-refractivity contribution in [2.75, 3.05) is 0 Å². The zero-order valence-electron chi connectivity index (χ0n) is 9.99. The Morgan fingerprint density at radius 1 is 1.00 bits per heavy atom. The van der Waals surface area contributed by atoms with Crippen LogP contribution in [-0.2, 0) is 6.54 Å². The zero-order valence-corrected chi connectivity index (χ0v) is 11.5. The van der Waals surface area contributed by atoms with Crippen LogP contribution >= 0.6 is 23.2 Å². The van der Waals surface area contributed by atoms with E-state index in [-0.39, 0.29) is 0 Å². The maximum absolute atomic E-state index is 6.26. The van der Waals surface area contributed by atoms with Gasteiger partial charge in [0.05, 0.1) is 5.02 Å². The van der Waals surface area contributed by atoms with Crippen molar-refractivity contribution in [1.29, 1.82) is 0 Å². The number of fused-ring (bicyclic) bond motifs is 1. The van der Waals surface area contributed by atoms with Gasteiger partial charge in [0.15, 0.2) is 0 Å². The monoisotopic (exact) mass is 291 g/mol. The predicted octanol–water partition coefficient (Wildman–Crippen LogP) is 4.87. The fourth-order valence-corrected chi connectivity index (χ4v) is 2.51. The maximum atomic E-state index is 6.26. The van der Waals surface area contributed by atoms with Crippen LogP contribution in [0.1, 0.15) is 5.56 Å². The highest BCUT2D eigenvalue weighted by Crippen LogP contribution is 2.33. The molecule has 19 heavy (non-hydrogen) atoms. The minimum atomic E-state index is 0.468. The Morgan fingerprint density at radius 2 is 1.84 bits per heavy atom. The third kappa shape index (κ3) is 2.35. The third-order valence-electron chi connectivity index (χ3n) is 3.01. The minimum absolute atomic E-state index is 0.468. The van der Waals surface area contributed by atoms with E-state index in [0.29, 0.717) is 16.6 Å². The summed E-state index contributed by atoms with van der Waals surface area (Å²) < 4.78 is 5.79. The minimum Gasteiger partial charge on any atom is -0.456 e. The fraction of sp³-hybridized carbons (Fsp3) is 0.0667. The second kappa shape index (κ2) is 4.89. The van der Waals surface area contributed by atoms with Gasteiger partial charge in [-0.05, 0) is 42.0 Å². The highest BCUT2D eigenvalue weighted by Gasteiger charge is 2.10. The molecule has 0 spiro atoms. The number of furan rings is 1. The van der Waals surface area contributed by atoms with Crippen molar-refractivity contribution < 1.29 is 4.42 Å². The van der Waals surface area contributed by atoms with E-state index in [1.165, 1.54) is 0 Å². The van der Waals surface area contributed by atoms with Crippen molar-refractivity contribution in [3.63, 3.8) is 0 Å². The van der Waals surface area contributed by atoms with E-state index in [4.69, 9.17) is 33.4 Å². The van der Waals surface area contributed by atoms with Gasteiger partial charge in [-0.2, -0.15) is 0 Å². The van der Waals surface area contributed by atoms with Crippen molar-refractivity contribution in [3.05, 3.63) is 58.1 Å². The summed E-state index contributed by atoms with van der Waals surface area (Å²) in [5, 5.41) is 2.28. The van der Waals surface area contributed by atoms with Crippen LogP contribution in [0.5, 0.6) is 0 Å². The van der Waals surface area contributed by atoms with Crippen LogP contribution in [0.4, 0.5) is 0 Å². The van der Waals surface area contributed by atoms with E-state index < -0.39 is 0 Å². The number of halogens is 2. The number of benzene rings is 2. The predicted molar refractivity (Wildman–Crippen MR) is 79.6 cm³/mol. The van der Waals surface area contributed by atoms with Crippen molar-refractivity contribution in [1.82, 2.24) is 0 Å². The number of rotatable bonds is 2. The summed E-state index contributed by atoms with van der Waals surface area (Å²) in [6.45, 7) is 0.468. The Labute approximate surface area is 120 Å². The Morgan fingerprint density at radius 3 is 2.58 bits per heavy atom. The first-order valence-electron chi connectivity index (χ1n) is 5.85. The van der Waals surface area contributed by atoms with Crippen LogP contribution in [0.3, 0.4) is 0 Å². The number of hydrogen-bond acceptors (Lipinski definition) is 2. The smallest absolute Gasteiger partial charge is 0.136 e. The largest absolute Gasteiger partial charge is 0.456 e. The molecule has 2 aromatic carbocycles. The molecule has 4 heteroatoms. The van der Waals surface area contributed by atoms with Gasteiger partial charge in [-0.1, -0.05) is 29.3 Å². The lowest BCUT2D eigenvalue weighted by molar-refractivity contribution is 0.631. The van der Waals surface area contributed by atoms with Crippen LogP contribution in [-0.4, -0.2) is 0 Å². The molecule has 0 saturated carbocycles. The Balaban J connectivity index is 2.13. The fourth-order valence-electron chi connectivity index (χ4n) is 2.03. The molecule has 2 N–H and O–H groups in total. The molecule has 0 unspecified atom stereocenters. The van der Waals surface area contributed by atoms with E-state index in [1.54, 1.807) is 6.07 Å². The van der Waals surface area contributed by atoms with Gasteiger partial charge in [0.1, 0.15) is 11.3 Å². The lowest BCUT2D eigenvalue weighted by Gasteiger charge is -2.03. The quantitative estimate of drug-likeness (QED) is 0.732. The second-order valence-corrected chi connectivity index (χ2v) is 5.15. The summed E-state index contributed by atoms with van der Waals surface area (Å²) in [4.78, 5) is 0. The molecule has 96 valence electrons. The second-order valence-electron chi connectivity index (χ2n) is 4.31.